The van der Waals surface area contributed by atoms with E-state index in [-0.39, 0.29) is 29.8 Å². The number of rotatable bonds is 10. The van der Waals surface area contributed by atoms with Crippen LogP contribution in [0.15, 0.2) is 0 Å². The van der Waals surface area contributed by atoms with Crippen LogP contribution in [0.25, 0.3) is 0 Å². The minimum atomic E-state index is -0.542. The summed E-state index contributed by atoms with van der Waals surface area (Å²) < 4.78 is 0. The zero-order valence-corrected chi connectivity index (χ0v) is 13.8. The van der Waals surface area contributed by atoms with Crippen LogP contribution >= 0.6 is 11.8 Å². The Morgan fingerprint density at radius 1 is 1.10 bits per heavy atom. The topological polar surface area (TPSA) is 92.3 Å². The summed E-state index contributed by atoms with van der Waals surface area (Å²) in [6.07, 6.45) is 0.525. The molecular formula is C14H24N2O4S. The number of amides is 2. The molecule has 0 bridgehead atoms. The van der Waals surface area contributed by atoms with Crippen molar-refractivity contribution in [2.45, 2.75) is 39.7 Å². The Kier molecular flexibility index (Phi) is 9.69. The monoisotopic (exact) mass is 316 g/mol. The van der Waals surface area contributed by atoms with E-state index in [1.807, 2.05) is 0 Å². The van der Waals surface area contributed by atoms with Crippen LogP contribution in [0.3, 0.4) is 0 Å². The van der Waals surface area contributed by atoms with Gasteiger partial charge in [-0.2, -0.15) is 11.8 Å². The second kappa shape index (κ2) is 10.4. The Labute approximate surface area is 129 Å². The first-order valence-electron chi connectivity index (χ1n) is 6.90. The average Bonchev–Trinajstić information content (AvgIpc) is 2.42. The second-order valence-corrected chi connectivity index (χ2v) is 5.90. The maximum Gasteiger partial charge on any atom is 0.224 e. The average molecular weight is 316 g/mol. The minimum Gasteiger partial charge on any atom is -0.359 e. The third kappa shape index (κ3) is 8.49. The number of thioether (sulfide) groups is 1. The van der Waals surface area contributed by atoms with Crippen LogP contribution in [-0.2, 0) is 19.2 Å². The predicted octanol–water partition coefficient (Wildman–Crippen LogP) is 0.545. The molecule has 120 valence electrons. The van der Waals surface area contributed by atoms with Gasteiger partial charge in [-0.05, 0) is 6.92 Å². The van der Waals surface area contributed by atoms with Crippen LogP contribution in [-0.4, -0.2) is 48.0 Å². The summed E-state index contributed by atoms with van der Waals surface area (Å²) in [7, 11) is 1.53. The van der Waals surface area contributed by atoms with Gasteiger partial charge in [0.25, 0.3) is 0 Å². The van der Waals surface area contributed by atoms with E-state index >= 15 is 0 Å². The summed E-state index contributed by atoms with van der Waals surface area (Å²) in [4.78, 5) is 45.7. The molecule has 0 saturated carbocycles. The van der Waals surface area contributed by atoms with E-state index in [1.54, 1.807) is 6.92 Å². The molecule has 2 N–H and O–H groups in total. The van der Waals surface area contributed by atoms with Crippen molar-refractivity contribution in [2.24, 2.45) is 5.92 Å². The summed E-state index contributed by atoms with van der Waals surface area (Å²) >= 11 is 1.39. The summed E-state index contributed by atoms with van der Waals surface area (Å²) in [5.74, 6) is -0.103. The summed E-state index contributed by atoms with van der Waals surface area (Å²) in [6.45, 7) is 4.55. The molecule has 2 amide bonds. The van der Waals surface area contributed by atoms with E-state index in [0.29, 0.717) is 17.9 Å². The van der Waals surface area contributed by atoms with Gasteiger partial charge in [-0.1, -0.05) is 6.92 Å². The summed E-state index contributed by atoms with van der Waals surface area (Å²) in [6, 6.07) is -0.542. The molecule has 0 aromatic rings. The van der Waals surface area contributed by atoms with Crippen molar-refractivity contribution in [3.8, 4) is 0 Å². The van der Waals surface area contributed by atoms with Gasteiger partial charge in [0, 0.05) is 38.3 Å². The first-order valence-corrected chi connectivity index (χ1v) is 8.05. The third-order valence-corrected chi connectivity index (χ3v) is 4.08. The smallest absolute Gasteiger partial charge is 0.224 e. The number of hydrogen-bond donors (Lipinski definition) is 2. The number of carbonyl (C=O) groups is 4. The van der Waals surface area contributed by atoms with Gasteiger partial charge in [-0.15, -0.1) is 0 Å². The Hall–Kier alpha value is -1.37. The SMILES string of the molecule is CCC(=O)C(CSCC(CC(C)=O)C(=O)NC)NC(C)=O. The van der Waals surface area contributed by atoms with E-state index in [1.165, 1.54) is 32.7 Å². The van der Waals surface area contributed by atoms with Gasteiger partial charge in [0.2, 0.25) is 11.8 Å². The maximum absolute atomic E-state index is 11.7. The number of carbonyl (C=O) groups excluding carboxylic acids is 4. The Bertz CT molecular complexity index is 362. The van der Waals surface area contributed by atoms with Crippen molar-refractivity contribution in [2.75, 3.05) is 18.6 Å². The molecule has 2 atom stereocenters. The fourth-order valence-electron chi connectivity index (χ4n) is 1.81. The first kappa shape index (κ1) is 19.6. The predicted molar refractivity (Wildman–Crippen MR) is 83.1 cm³/mol. The number of nitrogens with one attached hydrogen (secondary N) is 2. The van der Waals surface area contributed by atoms with Gasteiger partial charge in [-0.3, -0.25) is 14.4 Å². The van der Waals surface area contributed by atoms with Crippen LogP contribution in [0.1, 0.15) is 33.6 Å². The molecule has 0 aromatic carbocycles. The van der Waals surface area contributed by atoms with E-state index < -0.39 is 12.0 Å². The van der Waals surface area contributed by atoms with Crippen molar-refractivity contribution in [3.05, 3.63) is 0 Å². The molecule has 0 saturated heterocycles. The number of ketones is 2. The number of hydrogen-bond acceptors (Lipinski definition) is 5. The lowest BCUT2D eigenvalue weighted by Crippen LogP contribution is -2.41. The molecule has 21 heavy (non-hydrogen) atoms. The Morgan fingerprint density at radius 2 is 1.71 bits per heavy atom. The Balaban J connectivity index is 4.49. The molecule has 0 rings (SSSR count). The van der Waals surface area contributed by atoms with Crippen LogP contribution in [0.2, 0.25) is 0 Å². The number of Topliss-reactive ketones (excluding diaryl/α,β-unsaturated/α-hetero) is 2. The van der Waals surface area contributed by atoms with Gasteiger partial charge in [-0.25, -0.2) is 0 Å². The molecule has 0 radical (unpaired) electrons. The lowest BCUT2D eigenvalue weighted by molar-refractivity contribution is -0.127. The highest BCUT2D eigenvalue weighted by Gasteiger charge is 2.22. The van der Waals surface area contributed by atoms with Gasteiger partial charge in [0.1, 0.15) is 5.78 Å². The Morgan fingerprint density at radius 3 is 2.14 bits per heavy atom. The molecule has 0 spiro atoms. The second-order valence-electron chi connectivity index (χ2n) is 4.83. The van der Waals surface area contributed by atoms with Crippen LogP contribution < -0.4 is 10.6 Å². The van der Waals surface area contributed by atoms with E-state index in [4.69, 9.17) is 0 Å². The zero-order valence-electron chi connectivity index (χ0n) is 13.0. The van der Waals surface area contributed by atoms with Gasteiger partial charge in [0.05, 0.1) is 12.0 Å². The summed E-state index contributed by atoms with van der Waals surface area (Å²) in [5, 5.41) is 5.15. The van der Waals surface area contributed by atoms with E-state index in [9.17, 15) is 19.2 Å². The van der Waals surface area contributed by atoms with E-state index in [2.05, 4.69) is 10.6 Å². The molecule has 0 aromatic heterocycles. The first-order chi connectivity index (χ1) is 9.81. The van der Waals surface area contributed by atoms with Crippen LogP contribution in [0, 0.1) is 5.92 Å². The highest BCUT2D eigenvalue weighted by molar-refractivity contribution is 7.99. The lowest BCUT2D eigenvalue weighted by atomic mass is 10.0. The van der Waals surface area contributed by atoms with Crippen LogP contribution in [0.4, 0.5) is 0 Å². The van der Waals surface area contributed by atoms with Crippen LogP contribution in [0.5, 0.6) is 0 Å². The molecule has 0 aliphatic carbocycles. The molecule has 7 heteroatoms. The van der Waals surface area contributed by atoms with Crippen molar-refractivity contribution < 1.29 is 19.2 Å². The van der Waals surface area contributed by atoms with Crippen molar-refractivity contribution >= 4 is 35.1 Å². The van der Waals surface area contributed by atoms with Crippen molar-refractivity contribution in [1.29, 1.82) is 0 Å². The molecular weight excluding hydrogens is 292 g/mol. The minimum absolute atomic E-state index is 0.0410. The summed E-state index contributed by atoms with van der Waals surface area (Å²) in [5.41, 5.74) is 0. The van der Waals surface area contributed by atoms with Gasteiger partial charge < -0.3 is 15.4 Å². The highest BCUT2D eigenvalue weighted by atomic mass is 32.2. The largest absolute Gasteiger partial charge is 0.359 e. The van der Waals surface area contributed by atoms with Crippen molar-refractivity contribution in [3.63, 3.8) is 0 Å². The molecule has 0 aliphatic rings. The van der Waals surface area contributed by atoms with Gasteiger partial charge >= 0.3 is 0 Å². The standard InChI is InChI=1S/C14H24N2O4S/c1-5-13(19)12(16-10(3)18)8-21-7-11(6-9(2)17)14(20)15-4/h11-12H,5-8H2,1-4H3,(H,15,20)(H,16,18). The molecule has 0 fully saturated rings. The highest BCUT2D eigenvalue weighted by Crippen LogP contribution is 2.15. The molecule has 0 heterocycles. The fourth-order valence-corrected chi connectivity index (χ4v) is 3.01. The quantitative estimate of drug-likeness (QED) is 0.614. The normalized spacial score (nSPS) is 13.1. The fraction of sp³-hybridized carbons (Fsp3) is 0.714. The third-order valence-electron chi connectivity index (χ3n) is 2.87. The van der Waals surface area contributed by atoms with Gasteiger partial charge in [0.15, 0.2) is 5.78 Å². The zero-order chi connectivity index (χ0) is 16.4. The molecule has 0 aliphatic heterocycles. The van der Waals surface area contributed by atoms with Crippen molar-refractivity contribution in [1.82, 2.24) is 10.6 Å². The molecule has 6 nitrogen and oxygen atoms in total. The maximum atomic E-state index is 11.7. The van der Waals surface area contributed by atoms with E-state index in [0.717, 1.165) is 0 Å². The lowest BCUT2D eigenvalue weighted by Gasteiger charge is -2.18. The molecule has 2 unspecified atom stereocenters.